The molecule has 0 unspecified atom stereocenters. The molecule has 0 aliphatic carbocycles. The zero-order valence-electron chi connectivity index (χ0n) is 15.0. The van der Waals surface area contributed by atoms with Crippen molar-refractivity contribution in [1.29, 1.82) is 0 Å². The minimum Gasteiger partial charge on any atom is -0.298 e. The van der Waals surface area contributed by atoms with Crippen LogP contribution in [-0.4, -0.2) is 10.9 Å². The van der Waals surface area contributed by atoms with Crippen molar-refractivity contribution in [3.05, 3.63) is 90.6 Å². The molecular formula is C22H18IN2OS+. The van der Waals surface area contributed by atoms with Gasteiger partial charge in [0.2, 0.25) is 0 Å². The molecular weight excluding hydrogens is 467 g/mol. The number of hydrogen-bond donors (Lipinski definition) is 1. The first-order valence-corrected chi connectivity index (χ1v) is 11.5. The number of hydrogen-bond acceptors (Lipinski definition) is 3. The second-order valence-corrected chi connectivity index (χ2v) is 10.4. The molecule has 1 amide bonds. The molecule has 4 aromatic rings. The summed E-state index contributed by atoms with van der Waals surface area (Å²) in [5.74, 6) is -0.120. The van der Waals surface area contributed by atoms with Crippen molar-refractivity contribution >= 4 is 32.6 Å². The van der Waals surface area contributed by atoms with E-state index in [1.807, 2.05) is 24.3 Å². The molecule has 0 atom stereocenters. The van der Waals surface area contributed by atoms with Crippen molar-refractivity contribution in [1.82, 2.24) is 4.98 Å². The van der Waals surface area contributed by atoms with Crippen molar-refractivity contribution in [2.75, 3.05) is 5.32 Å². The van der Waals surface area contributed by atoms with Crippen LogP contribution < -0.4 is 26.5 Å². The highest BCUT2D eigenvalue weighted by Gasteiger charge is 2.16. The Kier molecular flexibility index (Phi) is 5.22. The Balaban J connectivity index is 1.45. The van der Waals surface area contributed by atoms with Crippen LogP contribution in [0.25, 0.3) is 10.2 Å². The van der Waals surface area contributed by atoms with Gasteiger partial charge in [0.25, 0.3) is 5.91 Å². The molecule has 5 heteroatoms. The predicted octanol–water partition coefficient (Wildman–Crippen LogP) is 2.29. The van der Waals surface area contributed by atoms with E-state index in [0.717, 1.165) is 10.2 Å². The van der Waals surface area contributed by atoms with Gasteiger partial charge in [0.1, 0.15) is 0 Å². The quantitative estimate of drug-likeness (QED) is 0.451. The standard InChI is InChI=1S/C22H17IN2OS/c1-14-3-8-17(9-4-14)23-18-10-6-16(7-11-18)21(26)25-22-24-19-12-5-15(2)13-20(19)27-22/h3-13H,1-2H3/p+1. The van der Waals surface area contributed by atoms with Gasteiger partial charge in [-0.15, -0.1) is 0 Å². The average molecular weight is 485 g/mol. The molecule has 1 heterocycles. The summed E-state index contributed by atoms with van der Waals surface area (Å²) in [6.07, 6.45) is 0. The number of rotatable bonds is 4. The molecule has 0 saturated carbocycles. The lowest BCUT2D eigenvalue weighted by Crippen LogP contribution is -3.61. The maximum absolute atomic E-state index is 12.5. The van der Waals surface area contributed by atoms with E-state index in [-0.39, 0.29) is 27.1 Å². The Labute approximate surface area is 172 Å². The number of nitrogens with zero attached hydrogens (tertiary/aromatic N) is 1. The second-order valence-electron chi connectivity index (χ2n) is 6.34. The fourth-order valence-electron chi connectivity index (χ4n) is 2.64. The summed E-state index contributed by atoms with van der Waals surface area (Å²) in [6.45, 7) is 4.15. The van der Waals surface area contributed by atoms with Crippen LogP contribution in [0.5, 0.6) is 0 Å². The van der Waals surface area contributed by atoms with Gasteiger partial charge in [0.15, 0.2) is 12.3 Å². The van der Waals surface area contributed by atoms with Crippen LogP contribution in [-0.2, 0) is 0 Å². The minimum atomic E-state index is -0.225. The largest absolute Gasteiger partial charge is 0.357 e. The van der Waals surface area contributed by atoms with Gasteiger partial charge >= 0.3 is 21.2 Å². The smallest absolute Gasteiger partial charge is 0.298 e. The third-order valence-corrected chi connectivity index (χ3v) is 7.72. The third-order valence-electron chi connectivity index (χ3n) is 4.10. The fraction of sp³-hybridized carbons (Fsp3) is 0.0909. The van der Waals surface area contributed by atoms with E-state index in [1.54, 1.807) is 0 Å². The molecule has 3 aromatic carbocycles. The summed E-state index contributed by atoms with van der Waals surface area (Å²) in [5.41, 5.74) is 4.04. The summed E-state index contributed by atoms with van der Waals surface area (Å²) < 4.78 is 3.76. The van der Waals surface area contributed by atoms with Gasteiger partial charge in [-0.1, -0.05) is 35.1 Å². The Hall–Kier alpha value is -2.25. The summed E-state index contributed by atoms with van der Waals surface area (Å²) in [5, 5.41) is 3.56. The number of carbonyl (C=O) groups is 1. The second kappa shape index (κ2) is 7.78. The van der Waals surface area contributed by atoms with Gasteiger partial charge in [0, 0.05) is 5.56 Å². The highest BCUT2D eigenvalue weighted by Crippen LogP contribution is 2.26. The van der Waals surface area contributed by atoms with Crippen LogP contribution in [0.2, 0.25) is 0 Å². The van der Waals surface area contributed by atoms with Crippen LogP contribution in [0.3, 0.4) is 0 Å². The van der Waals surface area contributed by atoms with E-state index in [4.69, 9.17) is 0 Å². The monoisotopic (exact) mass is 485 g/mol. The van der Waals surface area contributed by atoms with Crippen molar-refractivity contribution in [3.8, 4) is 0 Å². The fourth-order valence-corrected chi connectivity index (χ4v) is 5.76. The van der Waals surface area contributed by atoms with Gasteiger partial charge in [-0.3, -0.25) is 10.1 Å². The van der Waals surface area contributed by atoms with Crippen LogP contribution in [0.15, 0.2) is 66.7 Å². The zero-order valence-corrected chi connectivity index (χ0v) is 18.0. The summed E-state index contributed by atoms with van der Waals surface area (Å²) in [7, 11) is 0. The number of aryl methyl sites for hydroxylation is 2. The normalized spacial score (nSPS) is 10.9. The van der Waals surface area contributed by atoms with E-state index in [1.165, 1.54) is 29.6 Å². The number of carbonyl (C=O) groups excluding carboxylic acids is 1. The Morgan fingerprint density at radius 1 is 0.889 bits per heavy atom. The lowest BCUT2D eigenvalue weighted by molar-refractivity contribution is -0.597. The molecule has 134 valence electrons. The van der Waals surface area contributed by atoms with E-state index in [0.29, 0.717) is 10.7 Å². The van der Waals surface area contributed by atoms with Crippen molar-refractivity contribution in [3.63, 3.8) is 0 Å². The first-order valence-electron chi connectivity index (χ1n) is 8.57. The van der Waals surface area contributed by atoms with E-state index in [9.17, 15) is 4.79 Å². The minimum absolute atomic E-state index is 0.120. The molecule has 0 fully saturated rings. The number of nitrogens with one attached hydrogen (secondary N) is 1. The zero-order chi connectivity index (χ0) is 18.8. The van der Waals surface area contributed by atoms with Gasteiger partial charge in [0.05, 0.1) is 10.2 Å². The Morgan fingerprint density at radius 2 is 1.52 bits per heavy atom. The highest BCUT2D eigenvalue weighted by atomic mass is 127. The molecule has 0 saturated heterocycles. The van der Waals surface area contributed by atoms with Gasteiger partial charge < -0.3 is 0 Å². The lowest BCUT2D eigenvalue weighted by atomic mass is 10.2. The van der Waals surface area contributed by atoms with Gasteiger partial charge in [-0.05, 0) is 67.9 Å². The number of thiazole rings is 1. The van der Waals surface area contributed by atoms with Gasteiger partial charge in [-0.2, -0.15) is 0 Å². The number of amides is 1. The lowest BCUT2D eigenvalue weighted by Gasteiger charge is -2.00. The number of aromatic nitrogens is 1. The number of fused-ring (bicyclic) bond motifs is 1. The van der Waals surface area contributed by atoms with Crippen LogP contribution in [0.4, 0.5) is 5.13 Å². The Morgan fingerprint density at radius 3 is 2.22 bits per heavy atom. The molecule has 1 N–H and O–H groups in total. The molecule has 3 nitrogen and oxygen atoms in total. The molecule has 0 radical (unpaired) electrons. The maximum Gasteiger partial charge on any atom is 0.357 e. The summed E-state index contributed by atoms with van der Waals surface area (Å²) in [4.78, 5) is 17.0. The van der Waals surface area contributed by atoms with Crippen LogP contribution >= 0.6 is 11.3 Å². The topological polar surface area (TPSA) is 42.0 Å². The number of benzene rings is 3. The van der Waals surface area contributed by atoms with E-state index < -0.39 is 0 Å². The van der Waals surface area contributed by atoms with Crippen molar-refractivity contribution < 1.29 is 26.0 Å². The summed E-state index contributed by atoms with van der Waals surface area (Å²) >= 11 is 1.28. The number of anilines is 1. The van der Waals surface area contributed by atoms with Crippen molar-refractivity contribution in [2.24, 2.45) is 0 Å². The van der Waals surface area contributed by atoms with Gasteiger partial charge in [-0.25, -0.2) is 4.98 Å². The predicted molar refractivity (Wildman–Crippen MR) is 107 cm³/mol. The van der Waals surface area contributed by atoms with E-state index >= 15 is 0 Å². The molecule has 1 aromatic heterocycles. The van der Waals surface area contributed by atoms with Crippen LogP contribution in [0, 0.1) is 21.0 Å². The highest BCUT2D eigenvalue weighted by molar-refractivity contribution is 7.22. The molecule has 4 rings (SSSR count). The number of halogens is 1. The van der Waals surface area contributed by atoms with Crippen LogP contribution in [0.1, 0.15) is 21.5 Å². The third kappa shape index (κ3) is 4.36. The molecule has 0 bridgehead atoms. The SMILES string of the molecule is Cc1ccc([I+]c2ccc(C(=O)Nc3nc4ccc(C)cc4s3)cc2)cc1. The first-order chi connectivity index (χ1) is 13.1. The molecule has 0 spiro atoms. The maximum atomic E-state index is 12.5. The van der Waals surface area contributed by atoms with Crippen molar-refractivity contribution in [2.45, 2.75) is 13.8 Å². The van der Waals surface area contributed by atoms with E-state index in [2.05, 4.69) is 66.6 Å². The average Bonchev–Trinajstić information content (AvgIpc) is 3.05. The molecule has 0 aliphatic rings. The Bertz CT molecular complexity index is 1100. The molecule has 27 heavy (non-hydrogen) atoms. The molecule has 0 aliphatic heterocycles. The summed E-state index contributed by atoms with van der Waals surface area (Å²) in [6, 6.07) is 22.7. The first kappa shape index (κ1) is 18.1.